The third-order valence-corrected chi connectivity index (χ3v) is 6.51. The van der Waals surface area contributed by atoms with Crippen LogP contribution in [-0.4, -0.2) is 79.5 Å². The Balaban J connectivity index is 1.19. The Morgan fingerprint density at radius 1 is 1.03 bits per heavy atom. The fourth-order valence-corrected chi connectivity index (χ4v) is 4.60. The first kappa shape index (κ1) is 21.4. The molecular weight excluding hydrogens is 420 g/mol. The molecule has 3 aromatic rings. The predicted octanol–water partition coefficient (Wildman–Crippen LogP) is 1.70. The number of hydrogen-bond donors (Lipinski definition) is 1. The van der Waals surface area contributed by atoms with E-state index in [4.69, 9.17) is 0 Å². The summed E-state index contributed by atoms with van der Waals surface area (Å²) in [5.74, 6) is 0.399. The molecule has 2 amide bonds. The van der Waals surface area contributed by atoms with Crippen LogP contribution in [0.5, 0.6) is 0 Å². The van der Waals surface area contributed by atoms with E-state index < -0.39 is 0 Å². The second-order valence-corrected chi connectivity index (χ2v) is 8.91. The molecule has 1 aromatic carbocycles. The zero-order valence-electron chi connectivity index (χ0n) is 18.8. The van der Waals surface area contributed by atoms with E-state index in [0.717, 1.165) is 35.2 Å². The van der Waals surface area contributed by atoms with Crippen molar-refractivity contribution >= 4 is 28.5 Å². The fourth-order valence-electron chi connectivity index (χ4n) is 4.60. The third-order valence-electron chi connectivity index (χ3n) is 6.51. The summed E-state index contributed by atoms with van der Waals surface area (Å²) in [6, 6.07) is 7.61. The van der Waals surface area contributed by atoms with Gasteiger partial charge in [-0.25, -0.2) is 0 Å². The molecule has 33 heavy (non-hydrogen) atoms. The van der Waals surface area contributed by atoms with Gasteiger partial charge >= 0.3 is 0 Å². The lowest BCUT2D eigenvalue weighted by atomic mass is 9.96. The minimum atomic E-state index is -0.135. The quantitative estimate of drug-likeness (QED) is 0.633. The minimum absolute atomic E-state index is 0.0691. The highest BCUT2D eigenvalue weighted by Gasteiger charge is 2.28. The molecule has 10 heteroatoms. The first-order chi connectivity index (χ1) is 16.0. The van der Waals surface area contributed by atoms with Gasteiger partial charge in [0.15, 0.2) is 5.82 Å². The van der Waals surface area contributed by atoms with Gasteiger partial charge in [-0.05, 0) is 57.0 Å². The summed E-state index contributed by atoms with van der Waals surface area (Å²) in [5.41, 5.74) is 2.44. The smallest absolute Gasteiger partial charge is 0.236 e. The molecule has 0 atom stereocenters. The van der Waals surface area contributed by atoms with Gasteiger partial charge in [0, 0.05) is 37.0 Å². The van der Waals surface area contributed by atoms with Gasteiger partial charge in [0.1, 0.15) is 5.69 Å². The number of likely N-dealkylation sites (tertiary alicyclic amines) is 2. The fraction of sp³-hybridized carbons (Fsp3) is 0.478. The second-order valence-electron chi connectivity index (χ2n) is 8.91. The number of benzene rings is 1. The van der Waals surface area contributed by atoms with Crippen molar-refractivity contribution in [3.8, 4) is 11.3 Å². The van der Waals surface area contributed by atoms with Crippen LogP contribution in [0.3, 0.4) is 0 Å². The van der Waals surface area contributed by atoms with Crippen LogP contribution in [0.4, 0.5) is 5.82 Å². The van der Waals surface area contributed by atoms with E-state index in [2.05, 4.69) is 30.7 Å². The van der Waals surface area contributed by atoms with Crippen molar-refractivity contribution in [1.29, 1.82) is 0 Å². The number of aromatic nitrogens is 5. The molecular formula is C23H28N8O2. The summed E-state index contributed by atoms with van der Waals surface area (Å²) in [4.78, 5) is 29.5. The summed E-state index contributed by atoms with van der Waals surface area (Å²) in [6.45, 7) is 3.76. The summed E-state index contributed by atoms with van der Waals surface area (Å²) >= 11 is 0. The van der Waals surface area contributed by atoms with E-state index in [1.165, 1.54) is 12.8 Å². The van der Waals surface area contributed by atoms with Gasteiger partial charge in [-0.15, -0.1) is 15.3 Å². The number of piperidine rings is 1. The molecule has 1 N–H and O–H groups in total. The molecule has 0 spiro atoms. The molecule has 0 unspecified atom stereocenters. The van der Waals surface area contributed by atoms with Crippen molar-refractivity contribution in [2.75, 3.05) is 38.0 Å². The molecule has 172 valence electrons. The predicted molar refractivity (Wildman–Crippen MR) is 123 cm³/mol. The van der Waals surface area contributed by atoms with Crippen LogP contribution in [0.15, 0.2) is 30.5 Å². The number of carbonyl (C=O) groups is 2. The largest absolute Gasteiger partial charge is 0.342 e. The zero-order valence-corrected chi connectivity index (χ0v) is 18.8. The average Bonchev–Trinajstić information content (AvgIpc) is 3.50. The van der Waals surface area contributed by atoms with Gasteiger partial charge in [0.25, 0.3) is 0 Å². The topological polar surface area (TPSA) is 109 Å². The maximum Gasteiger partial charge on any atom is 0.236 e. The molecule has 0 bridgehead atoms. The molecule has 10 nitrogen and oxygen atoms in total. The van der Waals surface area contributed by atoms with E-state index in [1.54, 1.807) is 4.68 Å². The van der Waals surface area contributed by atoms with Crippen molar-refractivity contribution in [3.63, 3.8) is 0 Å². The second kappa shape index (κ2) is 9.22. The lowest BCUT2D eigenvalue weighted by molar-refractivity contribution is -0.135. The number of nitrogens with one attached hydrogen (secondary N) is 1. The summed E-state index contributed by atoms with van der Waals surface area (Å²) in [6.07, 6.45) is 5.52. The van der Waals surface area contributed by atoms with Crippen molar-refractivity contribution in [2.24, 2.45) is 13.0 Å². The lowest BCUT2D eigenvalue weighted by Crippen LogP contribution is -2.45. The van der Waals surface area contributed by atoms with E-state index in [1.807, 2.05) is 42.4 Å². The highest BCUT2D eigenvalue weighted by Crippen LogP contribution is 2.24. The number of anilines is 1. The number of amides is 2. The van der Waals surface area contributed by atoms with Gasteiger partial charge in [-0.3, -0.25) is 19.2 Å². The highest BCUT2D eigenvalue weighted by molar-refractivity contribution is 5.94. The van der Waals surface area contributed by atoms with E-state index in [-0.39, 0.29) is 17.7 Å². The van der Waals surface area contributed by atoms with Gasteiger partial charge < -0.3 is 10.2 Å². The van der Waals surface area contributed by atoms with Crippen molar-refractivity contribution in [1.82, 2.24) is 35.0 Å². The molecule has 0 aliphatic carbocycles. The highest BCUT2D eigenvalue weighted by atomic mass is 16.2. The Bertz CT molecular complexity index is 1160. The Kier molecular flexibility index (Phi) is 5.99. The van der Waals surface area contributed by atoms with Crippen LogP contribution in [0.1, 0.15) is 25.7 Å². The molecule has 2 aromatic heterocycles. The normalized spacial score (nSPS) is 17.5. The maximum absolute atomic E-state index is 12.8. The standard InChI is InChI=1S/C23H28N8O2/c1-29-14-20(26-28-29)17-4-5-19-18(12-17)13-21(27-25-19)24-23(33)16-6-10-31(11-7-16)22(32)15-30-8-2-3-9-30/h4-5,12-14,16H,2-3,6-11,15H2,1H3,(H,24,27,33). The maximum atomic E-state index is 12.8. The van der Waals surface area contributed by atoms with Crippen LogP contribution >= 0.6 is 0 Å². The molecule has 2 saturated heterocycles. The van der Waals surface area contributed by atoms with Gasteiger partial charge in [-0.1, -0.05) is 11.3 Å². The molecule has 0 saturated carbocycles. The van der Waals surface area contributed by atoms with Crippen LogP contribution in [0.25, 0.3) is 22.2 Å². The molecule has 4 heterocycles. The zero-order chi connectivity index (χ0) is 22.8. The number of nitrogens with zero attached hydrogens (tertiary/aromatic N) is 7. The first-order valence-corrected chi connectivity index (χ1v) is 11.5. The van der Waals surface area contributed by atoms with Crippen molar-refractivity contribution in [2.45, 2.75) is 25.7 Å². The van der Waals surface area contributed by atoms with Gasteiger partial charge in [-0.2, -0.15) is 0 Å². The van der Waals surface area contributed by atoms with Crippen LogP contribution in [0.2, 0.25) is 0 Å². The molecule has 2 fully saturated rings. The van der Waals surface area contributed by atoms with Crippen molar-refractivity contribution < 1.29 is 9.59 Å². The summed E-state index contributed by atoms with van der Waals surface area (Å²) < 4.78 is 1.65. The van der Waals surface area contributed by atoms with Gasteiger partial charge in [0.2, 0.25) is 11.8 Å². The van der Waals surface area contributed by atoms with Gasteiger partial charge in [0.05, 0.1) is 18.3 Å². The number of hydrogen-bond acceptors (Lipinski definition) is 7. The number of rotatable bonds is 5. The Morgan fingerprint density at radius 2 is 1.82 bits per heavy atom. The SMILES string of the molecule is Cn1cc(-c2ccc3nnc(NC(=O)C4CCN(C(=O)CN5CCCC5)CC4)cc3c2)nn1. The van der Waals surface area contributed by atoms with E-state index >= 15 is 0 Å². The number of fused-ring (bicyclic) bond motifs is 1. The lowest BCUT2D eigenvalue weighted by Gasteiger charge is -2.32. The van der Waals surface area contributed by atoms with Crippen LogP contribution in [-0.2, 0) is 16.6 Å². The number of carbonyl (C=O) groups excluding carboxylic acids is 2. The Hall–Kier alpha value is -3.40. The monoisotopic (exact) mass is 448 g/mol. The molecule has 0 radical (unpaired) electrons. The van der Waals surface area contributed by atoms with E-state index in [9.17, 15) is 9.59 Å². The molecule has 2 aliphatic heterocycles. The third kappa shape index (κ3) is 4.85. The number of aryl methyl sites for hydroxylation is 1. The minimum Gasteiger partial charge on any atom is -0.342 e. The van der Waals surface area contributed by atoms with Crippen molar-refractivity contribution in [3.05, 3.63) is 30.5 Å². The summed E-state index contributed by atoms with van der Waals surface area (Å²) in [7, 11) is 1.82. The average molecular weight is 449 g/mol. The van der Waals surface area contributed by atoms with Crippen LogP contribution in [0, 0.1) is 5.92 Å². The Labute approximate surface area is 191 Å². The first-order valence-electron chi connectivity index (χ1n) is 11.5. The van der Waals surface area contributed by atoms with Crippen LogP contribution < -0.4 is 5.32 Å². The molecule has 5 rings (SSSR count). The van der Waals surface area contributed by atoms with E-state index in [0.29, 0.717) is 38.3 Å². The Morgan fingerprint density at radius 3 is 2.55 bits per heavy atom. The summed E-state index contributed by atoms with van der Waals surface area (Å²) in [5, 5.41) is 20.3. The molecule has 2 aliphatic rings.